The minimum Gasteiger partial charge on any atom is -0.385 e. The Hall–Kier alpha value is -1.39. The monoisotopic (exact) mass is 288 g/mol. The Morgan fingerprint density at radius 2 is 2.05 bits per heavy atom. The van der Waals surface area contributed by atoms with E-state index in [0.717, 1.165) is 32.2 Å². The molecule has 1 saturated heterocycles. The molecule has 114 valence electrons. The van der Waals surface area contributed by atoms with E-state index in [1.807, 2.05) is 4.90 Å². The van der Waals surface area contributed by atoms with Crippen molar-refractivity contribution in [1.82, 2.24) is 10.2 Å². The standard InChI is InChI=1S/C17H24N2O2/c1-3-13-5-7-14(8-6-13)15-18-17(9-10-17)16(20)19(15)11-4-12-21-2/h5-8,15,18H,3-4,9-12H2,1-2H3. The summed E-state index contributed by atoms with van der Waals surface area (Å²) < 4.78 is 5.12. The lowest BCUT2D eigenvalue weighted by Gasteiger charge is -2.24. The fourth-order valence-corrected chi connectivity index (χ4v) is 3.09. The zero-order chi connectivity index (χ0) is 14.9. The van der Waals surface area contributed by atoms with Crippen LogP contribution in [-0.4, -0.2) is 36.6 Å². The van der Waals surface area contributed by atoms with Gasteiger partial charge in [0.05, 0.1) is 0 Å². The summed E-state index contributed by atoms with van der Waals surface area (Å²) in [6, 6.07) is 8.61. The highest BCUT2D eigenvalue weighted by molar-refractivity contribution is 5.92. The first-order valence-corrected chi connectivity index (χ1v) is 7.87. The van der Waals surface area contributed by atoms with Gasteiger partial charge in [-0.2, -0.15) is 0 Å². The van der Waals surface area contributed by atoms with Crippen molar-refractivity contribution >= 4 is 5.91 Å². The lowest BCUT2D eigenvalue weighted by Crippen LogP contribution is -2.33. The molecule has 2 fully saturated rings. The predicted molar refractivity (Wildman–Crippen MR) is 81.9 cm³/mol. The van der Waals surface area contributed by atoms with Crippen LogP contribution in [-0.2, 0) is 16.0 Å². The van der Waals surface area contributed by atoms with Gasteiger partial charge in [0.25, 0.3) is 0 Å². The molecule has 1 aliphatic carbocycles. The Morgan fingerprint density at radius 3 is 2.62 bits per heavy atom. The molecule has 1 N–H and O–H groups in total. The zero-order valence-electron chi connectivity index (χ0n) is 12.9. The van der Waals surface area contributed by atoms with Crippen molar-refractivity contribution < 1.29 is 9.53 Å². The molecular weight excluding hydrogens is 264 g/mol. The quantitative estimate of drug-likeness (QED) is 0.816. The van der Waals surface area contributed by atoms with Gasteiger partial charge in [0.15, 0.2) is 0 Å². The van der Waals surface area contributed by atoms with Crippen molar-refractivity contribution in [3.8, 4) is 0 Å². The maximum Gasteiger partial charge on any atom is 0.244 e. The van der Waals surface area contributed by atoms with Gasteiger partial charge in [-0.1, -0.05) is 31.2 Å². The second-order valence-corrected chi connectivity index (χ2v) is 6.07. The second-order valence-electron chi connectivity index (χ2n) is 6.07. The van der Waals surface area contributed by atoms with Crippen LogP contribution in [0.5, 0.6) is 0 Å². The highest BCUT2D eigenvalue weighted by atomic mass is 16.5. The number of aryl methyl sites for hydroxylation is 1. The molecule has 0 bridgehead atoms. The van der Waals surface area contributed by atoms with Gasteiger partial charge in [-0.15, -0.1) is 0 Å². The normalized spacial score (nSPS) is 23.0. The van der Waals surface area contributed by atoms with Crippen LogP contribution in [0, 0.1) is 0 Å². The summed E-state index contributed by atoms with van der Waals surface area (Å²) in [4.78, 5) is 14.6. The van der Waals surface area contributed by atoms with E-state index in [9.17, 15) is 4.79 Å². The average molecular weight is 288 g/mol. The van der Waals surface area contributed by atoms with Crippen molar-refractivity contribution in [3.63, 3.8) is 0 Å². The van der Waals surface area contributed by atoms with Crippen molar-refractivity contribution in [2.45, 2.75) is 44.3 Å². The number of methoxy groups -OCH3 is 1. The highest BCUT2D eigenvalue weighted by Crippen LogP contribution is 2.45. The van der Waals surface area contributed by atoms with Crippen LogP contribution in [0.25, 0.3) is 0 Å². The van der Waals surface area contributed by atoms with E-state index in [1.165, 1.54) is 11.1 Å². The molecule has 1 saturated carbocycles. The van der Waals surface area contributed by atoms with Gasteiger partial charge < -0.3 is 9.64 Å². The summed E-state index contributed by atoms with van der Waals surface area (Å²) in [6.45, 7) is 3.60. The van der Waals surface area contributed by atoms with E-state index < -0.39 is 0 Å². The molecule has 1 aliphatic heterocycles. The van der Waals surface area contributed by atoms with Gasteiger partial charge in [-0.3, -0.25) is 10.1 Å². The van der Waals surface area contributed by atoms with E-state index in [0.29, 0.717) is 6.61 Å². The molecule has 1 atom stereocenters. The minimum atomic E-state index is -0.263. The van der Waals surface area contributed by atoms with Crippen LogP contribution < -0.4 is 5.32 Å². The van der Waals surface area contributed by atoms with E-state index in [-0.39, 0.29) is 17.6 Å². The summed E-state index contributed by atoms with van der Waals surface area (Å²) in [5.41, 5.74) is 2.25. The molecule has 21 heavy (non-hydrogen) atoms. The third kappa shape index (κ3) is 2.70. The Kier molecular flexibility index (Phi) is 4.00. The number of benzene rings is 1. The first-order valence-electron chi connectivity index (χ1n) is 7.87. The third-order valence-electron chi connectivity index (χ3n) is 4.60. The molecule has 4 nitrogen and oxygen atoms in total. The molecular formula is C17H24N2O2. The van der Waals surface area contributed by atoms with Crippen LogP contribution >= 0.6 is 0 Å². The fourth-order valence-electron chi connectivity index (χ4n) is 3.09. The Labute approximate surface area is 126 Å². The molecule has 1 amide bonds. The summed E-state index contributed by atoms with van der Waals surface area (Å²) in [7, 11) is 1.70. The summed E-state index contributed by atoms with van der Waals surface area (Å²) in [5, 5.41) is 3.56. The van der Waals surface area contributed by atoms with Crippen molar-refractivity contribution in [2.75, 3.05) is 20.3 Å². The summed E-state index contributed by atoms with van der Waals surface area (Å²) in [5.74, 6) is 0.267. The Bertz CT molecular complexity index is 508. The van der Waals surface area contributed by atoms with Gasteiger partial charge in [0, 0.05) is 20.3 Å². The number of nitrogens with zero attached hydrogens (tertiary/aromatic N) is 1. The molecule has 2 aliphatic rings. The van der Waals surface area contributed by atoms with Crippen molar-refractivity contribution in [1.29, 1.82) is 0 Å². The van der Waals surface area contributed by atoms with Gasteiger partial charge in [0.2, 0.25) is 5.91 Å². The number of rotatable bonds is 6. The number of nitrogens with one attached hydrogen (secondary N) is 1. The lowest BCUT2D eigenvalue weighted by molar-refractivity contribution is -0.131. The number of carbonyl (C=O) groups excluding carboxylic acids is 1. The number of hydrogen-bond donors (Lipinski definition) is 1. The zero-order valence-corrected chi connectivity index (χ0v) is 12.9. The SMILES string of the molecule is CCc1ccc(C2NC3(CC3)C(=O)N2CCCOC)cc1. The van der Waals surface area contributed by atoms with Crippen LogP contribution in [0.15, 0.2) is 24.3 Å². The van der Waals surface area contributed by atoms with Crippen LogP contribution in [0.1, 0.15) is 43.5 Å². The lowest BCUT2D eigenvalue weighted by atomic mass is 10.1. The molecule has 0 radical (unpaired) electrons. The summed E-state index contributed by atoms with van der Waals surface area (Å²) >= 11 is 0. The Morgan fingerprint density at radius 1 is 1.33 bits per heavy atom. The van der Waals surface area contributed by atoms with Crippen molar-refractivity contribution in [2.24, 2.45) is 0 Å². The van der Waals surface area contributed by atoms with E-state index in [2.05, 4.69) is 36.5 Å². The van der Waals surface area contributed by atoms with Crippen LogP contribution in [0.3, 0.4) is 0 Å². The molecule has 1 aromatic rings. The van der Waals surface area contributed by atoms with Gasteiger partial charge in [-0.25, -0.2) is 0 Å². The first-order chi connectivity index (χ1) is 10.2. The van der Waals surface area contributed by atoms with E-state index >= 15 is 0 Å². The highest BCUT2D eigenvalue weighted by Gasteiger charge is 2.59. The largest absolute Gasteiger partial charge is 0.385 e. The fraction of sp³-hybridized carbons (Fsp3) is 0.588. The number of ether oxygens (including phenoxy) is 1. The maximum absolute atomic E-state index is 12.6. The molecule has 0 aromatic heterocycles. The number of amides is 1. The smallest absolute Gasteiger partial charge is 0.244 e. The van der Waals surface area contributed by atoms with Gasteiger partial charge >= 0.3 is 0 Å². The summed E-state index contributed by atoms with van der Waals surface area (Å²) in [6.07, 6.45) is 3.87. The first kappa shape index (κ1) is 14.5. The third-order valence-corrected chi connectivity index (χ3v) is 4.60. The number of hydrogen-bond acceptors (Lipinski definition) is 3. The maximum atomic E-state index is 12.6. The van der Waals surface area contributed by atoms with Gasteiger partial charge in [0.1, 0.15) is 11.7 Å². The molecule has 1 unspecified atom stereocenters. The van der Waals surface area contributed by atoms with Gasteiger partial charge in [-0.05, 0) is 36.8 Å². The van der Waals surface area contributed by atoms with Crippen LogP contribution in [0.4, 0.5) is 0 Å². The average Bonchev–Trinajstić information content (AvgIpc) is 3.25. The van der Waals surface area contributed by atoms with Crippen LogP contribution in [0.2, 0.25) is 0 Å². The predicted octanol–water partition coefficient (Wildman–Crippen LogP) is 2.25. The molecule has 1 aromatic carbocycles. The van der Waals surface area contributed by atoms with E-state index in [4.69, 9.17) is 4.74 Å². The second kappa shape index (κ2) is 5.78. The number of carbonyl (C=O) groups is 1. The Balaban J connectivity index is 1.78. The van der Waals surface area contributed by atoms with E-state index in [1.54, 1.807) is 7.11 Å². The minimum absolute atomic E-state index is 0.0164. The topological polar surface area (TPSA) is 41.6 Å². The molecule has 3 rings (SSSR count). The molecule has 1 heterocycles. The molecule has 1 spiro atoms. The molecule has 4 heteroatoms. The van der Waals surface area contributed by atoms with Crippen molar-refractivity contribution in [3.05, 3.63) is 35.4 Å².